The van der Waals surface area contributed by atoms with E-state index in [1.807, 2.05) is 0 Å². The molecule has 1 unspecified atom stereocenters. The fraction of sp³-hybridized carbons (Fsp3) is 0.583. The van der Waals surface area contributed by atoms with Gasteiger partial charge in [0.2, 0.25) is 35.4 Å². The van der Waals surface area contributed by atoms with E-state index in [4.69, 9.17) is 52.4 Å². The molecule has 6 heterocycles. The summed E-state index contributed by atoms with van der Waals surface area (Å²) in [5.74, 6) is -6.54. The Balaban J connectivity index is 0.775. The number of benzene rings is 1. The van der Waals surface area contributed by atoms with E-state index < -0.39 is 96.1 Å². The molecule has 1 aromatic carbocycles. The van der Waals surface area contributed by atoms with Gasteiger partial charge in [-0.3, -0.25) is 53.0 Å². The van der Waals surface area contributed by atoms with Crippen LogP contribution in [0.25, 0.3) is 22.3 Å². The van der Waals surface area contributed by atoms with Gasteiger partial charge >= 0.3 is 5.97 Å². The minimum Gasteiger partial charge on any atom is -0.467 e. The van der Waals surface area contributed by atoms with Crippen molar-refractivity contribution in [1.82, 2.24) is 41.0 Å². The van der Waals surface area contributed by atoms with Crippen LogP contribution in [0.5, 0.6) is 5.75 Å². The number of halogens is 1. The zero-order valence-corrected chi connectivity index (χ0v) is 51.4. The van der Waals surface area contributed by atoms with Crippen molar-refractivity contribution in [1.29, 1.82) is 0 Å². The number of nitrogens with one attached hydrogen (secondary N) is 5. The number of esters is 1. The van der Waals surface area contributed by atoms with Crippen LogP contribution in [0.3, 0.4) is 0 Å². The van der Waals surface area contributed by atoms with Gasteiger partial charge in [0.05, 0.1) is 141 Å². The molecular weight excluding hydrogens is 1200 g/mol. The highest BCUT2D eigenvalue weighted by Gasteiger charge is 2.46. The van der Waals surface area contributed by atoms with Crippen molar-refractivity contribution >= 4 is 69.8 Å². The molecule has 31 heteroatoms. The zero-order valence-electron chi connectivity index (χ0n) is 51.4. The first-order chi connectivity index (χ1) is 44.0. The lowest BCUT2D eigenvalue weighted by atomic mass is 9.86. The number of carbonyl (C=O) groups is 9. The van der Waals surface area contributed by atoms with E-state index in [0.29, 0.717) is 114 Å². The molecule has 0 bridgehead atoms. The average molecular weight is 1280 g/mol. The predicted octanol–water partition coefficient (Wildman–Crippen LogP) is -0.812. The first-order valence-corrected chi connectivity index (χ1v) is 30.2. The second-order valence-corrected chi connectivity index (χ2v) is 21.2. The summed E-state index contributed by atoms with van der Waals surface area (Å²) in [5.41, 5.74) is -0.344. The maximum atomic E-state index is 15.7. The third-order valence-corrected chi connectivity index (χ3v) is 15.0. The molecule has 0 radical (unpaired) electrons. The van der Waals surface area contributed by atoms with Gasteiger partial charge in [0, 0.05) is 80.7 Å². The second-order valence-electron chi connectivity index (χ2n) is 21.2. The summed E-state index contributed by atoms with van der Waals surface area (Å²) in [5, 5.41) is 24.5. The van der Waals surface area contributed by atoms with Crippen LogP contribution in [-0.2, 0) is 105 Å². The van der Waals surface area contributed by atoms with Gasteiger partial charge in [0.25, 0.3) is 17.4 Å². The molecule has 91 heavy (non-hydrogen) atoms. The molecule has 0 aliphatic carbocycles. The number of hydrogen-bond donors (Lipinski definition) is 6. The molecule has 0 saturated carbocycles. The van der Waals surface area contributed by atoms with Gasteiger partial charge in [-0.2, -0.15) is 0 Å². The number of aliphatic hydroxyl groups is 1. The molecule has 0 spiro atoms. The number of pyridine rings is 2. The van der Waals surface area contributed by atoms with Crippen molar-refractivity contribution in [3.8, 4) is 17.1 Å². The molecule has 8 amide bonds. The van der Waals surface area contributed by atoms with Crippen molar-refractivity contribution in [2.45, 2.75) is 83.6 Å². The molecule has 2 atom stereocenters. The van der Waals surface area contributed by atoms with Gasteiger partial charge in [-0.1, -0.05) is 6.92 Å². The van der Waals surface area contributed by atoms with Crippen LogP contribution in [0.15, 0.2) is 29.1 Å². The van der Waals surface area contributed by atoms with Crippen LogP contribution in [-0.4, -0.2) is 224 Å². The van der Waals surface area contributed by atoms with Crippen molar-refractivity contribution in [2.75, 3.05) is 151 Å². The fourth-order valence-electron chi connectivity index (χ4n) is 10.1. The van der Waals surface area contributed by atoms with Gasteiger partial charge in [0.1, 0.15) is 18.3 Å². The summed E-state index contributed by atoms with van der Waals surface area (Å²) in [7, 11) is 1.62. The maximum absolute atomic E-state index is 15.7. The normalized spacial score (nSPS) is 15.6. The fourth-order valence-corrected chi connectivity index (χ4v) is 10.1. The number of aryl methyl sites for hydroxylation is 1. The van der Waals surface area contributed by atoms with Gasteiger partial charge in [-0.25, -0.2) is 14.2 Å². The van der Waals surface area contributed by atoms with Gasteiger partial charge in [-0.05, 0) is 44.2 Å². The summed E-state index contributed by atoms with van der Waals surface area (Å²) in [4.78, 5) is 136. The molecular formula is C60H80FN9O21. The van der Waals surface area contributed by atoms with Crippen molar-refractivity contribution in [3.63, 3.8) is 0 Å². The summed E-state index contributed by atoms with van der Waals surface area (Å²) in [6.45, 7) is 7.71. The van der Waals surface area contributed by atoms with E-state index in [1.165, 1.54) is 10.6 Å². The SMILES string of the molecule is CC[C@@]1(O)C(=O)OCc2c1cc1n(c2=O)Cc2c-1nc1cc(F)c3c(c1c2C)N(C(=O)CNC(=O)CNC(=O)CCCNC(=O)C(CCC(=O)NCCOCCOCCOCCOCCOCCOCCOCCOC)NC(=O)CCCN1C(=O)C=CC1=O)CO3. The number of anilines is 1. The smallest absolute Gasteiger partial charge is 0.343 e. The van der Waals surface area contributed by atoms with Crippen LogP contribution in [0.2, 0.25) is 0 Å². The van der Waals surface area contributed by atoms with Crippen LogP contribution in [0.4, 0.5) is 10.1 Å². The number of methoxy groups -OCH3 is 1. The topological polar surface area (TPSA) is 368 Å². The molecule has 498 valence electrons. The number of aromatic nitrogens is 2. The Morgan fingerprint density at radius 3 is 1.89 bits per heavy atom. The monoisotopic (exact) mass is 1280 g/mol. The number of rotatable bonds is 42. The zero-order chi connectivity index (χ0) is 65.3. The lowest BCUT2D eigenvalue weighted by Crippen LogP contribution is -2.47. The number of amides is 8. The lowest BCUT2D eigenvalue weighted by Gasteiger charge is -2.31. The average Bonchev–Trinajstić information content (AvgIpc) is 1.63. The first kappa shape index (κ1) is 70.6. The number of cyclic esters (lactones) is 1. The van der Waals surface area contributed by atoms with E-state index in [2.05, 4.69) is 26.6 Å². The number of fused-ring (bicyclic) bond motifs is 7. The van der Waals surface area contributed by atoms with Crippen LogP contribution in [0, 0.1) is 12.7 Å². The van der Waals surface area contributed by atoms with Crippen molar-refractivity contribution in [3.05, 3.63) is 62.7 Å². The van der Waals surface area contributed by atoms with Crippen molar-refractivity contribution < 1.29 is 100 Å². The van der Waals surface area contributed by atoms with Gasteiger partial charge in [-0.15, -0.1) is 0 Å². The van der Waals surface area contributed by atoms with E-state index in [0.717, 1.165) is 28.0 Å². The number of ether oxygens (including phenoxy) is 10. The minimum absolute atomic E-state index is 0.0207. The van der Waals surface area contributed by atoms with E-state index in [9.17, 15) is 53.1 Å². The summed E-state index contributed by atoms with van der Waals surface area (Å²) < 4.78 is 71.0. The molecule has 2 aromatic heterocycles. The standard InChI is InChI=1S/C60H80FN9O21/c1-4-60(81)41-31-45-54-39(35-69(45)58(79)40(41)36-90-59(60)80)38(2)53-44(67-54)32-42(61)56-55(53)70(37-91-56)52(77)34-65-49(74)33-64-46(71)7-5-13-63-57(78)43(66-48(73)8-6-15-68-50(75)11-12-51(68)76)9-10-47(72)62-14-16-83-19-20-85-23-24-87-27-28-89-30-29-88-26-25-86-22-21-84-18-17-82-3/h11-12,31-32,43,81H,4-10,13-30,33-37H2,1-3H3,(H,62,72)(H,63,78)(H,64,71)(H,65,74)(H,66,73)/t43?,60-/m0/s1. The molecule has 30 nitrogen and oxygen atoms in total. The largest absolute Gasteiger partial charge is 0.467 e. The number of imide groups is 1. The van der Waals surface area contributed by atoms with Crippen LogP contribution in [0.1, 0.15) is 74.1 Å². The number of carbonyl (C=O) groups excluding carboxylic acids is 9. The third kappa shape index (κ3) is 19.6. The minimum atomic E-state index is -2.05. The molecule has 7 rings (SSSR count). The molecule has 0 saturated heterocycles. The molecule has 4 aliphatic heterocycles. The van der Waals surface area contributed by atoms with Crippen LogP contribution >= 0.6 is 0 Å². The summed E-state index contributed by atoms with van der Waals surface area (Å²) >= 11 is 0. The van der Waals surface area contributed by atoms with Gasteiger partial charge < -0.3 is 83.6 Å². The molecule has 4 aliphatic rings. The van der Waals surface area contributed by atoms with E-state index in [-0.39, 0.29) is 119 Å². The molecule has 3 aromatic rings. The summed E-state index contributed by atoms with van der Waals surface area (Å²) in [6.07, 6.45) is 1.86. The van der Waals surface area contributed by atoms with Crippen LogP contribution < -0.4 is 41.8 Å². The van der Waals surface area contributed by atoms with E-state index >= 15 is 4.39 Å². The Labute approximate surface area is 523 Å². The predicted molar refractivity (Wildman–Crippen MR) is 317 cm³/mol. The number of nitrogens with zero attached hydrogens (tertiary/aromatic N) is 4. The highest BCUT2D eigenvalue weighted by molar-refractivity contribution is 6.13. The summed E-state index contributed by atoms with van der Waals surface area (Å²) in [6, 6.07) is 1.50. The third-order valence-electron chi connectivity index (χ3n) is 15.0. The van der Waals surface area contributed by atoms with Crippen molar-refractivity contribution in [2.24, 2.45) is 0 Å². The molecule has 6 N–H and O–H groups in total. The number of hydrogen-bond acceptors (Lipinski definition) is 22. The Morgan fingerprint density at radius 2 is 1.27 bits per heavy atom. The Hall–Kier alpha value is -7.88. The highest BCUT2D eigenvalue weighted by Crippen LogP contribution is 2.47. The van der Waals surface area contributed by atoms with Gasteiger partial charge in [0.15, 0.2) is 23.9 Å². The first-order valence-electron chi connectivity index (χ1n) is 30.2. The second kappa shape index (κ2) is 35.6. The lowest BCUT2D eigenvalue weighted by molar-refractivity contribution is -0.172. The molecule has 0 fully saturated rings. The Morgan fingerprint density at radius 1 is 0.692 bits per heavy atom. The van der Waals surface area contributed by atoms with E-state index in [1.54, 1.807) is 21.0 Å². The highest BCUT2D eigenvalue weighted by atomic mass is 19.1. The Bertz CT molecular complexity index is 3180. The Kier molecular flexibility index (Phi) is 27.6. The quantitative estimate of drug-likeness (QED) is 0.0179. The maximum Gasteiger partial charge on any atom is 0.343 e.